The van der Waals surface area contributed by atoms with E-state index in [4.69, 9.17) is 0 Å². The van der Waals surface area contributed by atoms with Gasteiger partial charge in [0.15, 0.2) is 0 Å². The van der Waals surface area contributed by atoms with E-state index in [1.165, 1.54) is 62.0 Å². The molecule has 1 nitrogen and oxygen atoms in total. The van der Waals surface area contributed by atoms with Crippen molar-refractivity contribution in [1.82, 2.24) is 0 Å². The lowest BCUT2D eigenvalue weighted by Crippen LogP contribution is -2.57. The molecule has 8 atom stereocenters. The van der Waals surface area contributed by atoms with Crippen molar-refractivity contribution in [2.45, 2.75) is 89.2 Å². The third-order valence-electron chi connectivity index (χ3n) is 10.4. The summed E-state index contributed by atoms with van der Waals surface area (Å²) >= 11 is 3.54. The summed E-state index contributed by atoms with van der Waals surface area (Å²) in [6.07, 6.45) is 13.8. The highest BCUT2D eigenvalue weighted by Crippen LogP contribution is 2.66. The molecule has 0 aliphatic heterocycles. The molecule has 3 heteroatoms. The van der Waals surface area contributed by atoms with Gasteiger partial charge < -0.3 is 0 Å². The van der Waals surface area contributed by atoms with Crippen LogP contribution in [0.15, 0.2) is 21.7 Å². The molecule has 5 rings (SSSR count). The number of rotatable bonds is 4. The predicted molar refractivity (Wildman–Crippen MR) is 129 cm³/mol. The lowest BCUT2D eigenvalue weighted by atomic mass is 9.41. The van der Waals surface area contributed by atoms with Crippen LogP contribution in [-0.2, 0) is 4.79 Å². The third kappa shape index (κ3) is 3.54. The predicted octanol–water partition coefficient (Wildman–Crippen LogP) is 8.09. The highest BCUT2D eigenvalue weighted by molar-refractivity contribution is 8.01. The smallest absolute Gasteiger partial charge is 0.146 e. The summed E-state index contributed by atoms with van der Waals surface area (Å²) in [5, 5.41) is 2.12. The summed E-state index contributed by atoms with van der Waals surface area (Å²) in [5.74, 6) is 6.05. The molecule has 166 valence electrons. The number of carbonyl (C=O) groups excluding carboxylic acids is 1. The zero-order valence-electron chi connectivity index (χ0n) is 19.2. The molecule has 0 bridgehead atoms. The molecular weight excluding hydrogens is 404 g/mol. The summed E-state index contributed by atoms with van der Waals surface area (Å²) in [7, 11) is 0. The van der Waals surface area contributed by atoms with Crippen LogP contribution < -0.4 is 0 Å². The van der Waals surface area contributed by atoms with E-state index >= 15 is 0 Å². The highest BCUT2D eigenvalue weighted by atomic mass is 32.2. The summed E-state index contributed by atoms with van der Waals surface area (Å²) < 4.78 is 1.29. The van der Waals surface area contributed by atoms with Gasteiger partial charge in [-0.05, 0) is 103 Å². The van der Waals surface area contributed by atoms with Crippen LogP contribution in [0.3, 0.4) is 0 Å². The van der Waals surface area contributed by atoms with Crippen molar-refractivity contribution in [3.8, 4) is 0 Å². The first kappa shape index (κ1) is 21.6. The molecule has 4 saturated carbocycles. The van der Waals surface area contributed by atoms with Crippen molar-refractivity contribution >= 4 is 28.9 Å². The molecular formula is C27H40OS2. The van der Waals surface area contributed by atoms with Crippen LogP contribution in [0.4, 0.5) is 0 Å². The van der Waals surface area contributed by atoms with Gasteiger partial charge in [0.25, 0.3) is 0 Å². The zero-order valence-corrected chi connectivity index (χ0v) is 20.8. The molecule has 0 saturated heterocycles. The average Bonchev–Trinajstić information content (AvgIpc) is 3.25. The molecule has 4 fully saturated rings. The molecule has 0 spiro atoms. The molecule has 4 aliphatic carbocycles. The number of thiophene rings is 1. The summed E-state index contributed by atoms with van der Waals surface area (Å²) in [6.45, 7) is 7.68. The molecule has 1 heterocycles. The van der Waals surface area contributed by atoms with Crippen LogP contribution in [0.2, 0.25) is 0 Å². The van der Waals surface area contributed by atoms with E-state index in [2.05, 4.69) is 38.3 Å². The van der Waals surface area contributed by atoms with E-state index < -0.39 is 0 Å². The molecule has 4 unspecified atom stereocenters. The number of fused-ring (bicyclic) bond motifs is 5. The Morgan fingerprint density at radius 2 is 1.87 bits per heavy atom. The van der Waals surface area contributed by atoms with E-state index in [1.807, 2.05) is 0 Å². The SMILES string of the molecule is C[C@H]1CC[C@@]2(C)C(CC[C@H]3C4CCC[C@H](C(=O)CSc5cccs5)C4(C)CCC32)C1. The van der Waals surface area contributed by atoms with Gasteiger partial charge >= 0.3 is 0 Å². The largest absolute Gasteiger partial charge is 0.298 e. The molecule has 0 radical (unpaired) electrons. The monoisotopic (exact) mass is 444 g/mol. The first-order valence-electron chi connectivity index (χ1n) is 12.6. The highest BCUT2D eigenvalue weighted by Gasteiger charge is 2.59. The Morgan fingerprint density at radius 1 is 1.07 bits per heavy atom. The number of hydrogen-bond donors (Lipinski definition) is 0. The van der Waals surface area contributed by atoms with E-state index in [9.17, 15) is 4.79 Å². The fourth-order valence-corrected chi connectivity index (χ4v) is 10.5. The van der Waals surface area contributed by atoms with E-state index in [-0.39, 0.29) is 5.41 Å². The third-order valence-corrected chi connectivity index (χ3v) is 12.6. The Kier molecular flexibility index (Phi) is 5.93. The quantitative estimate of drug-likeness (QED) is 0.436. The minimum atomic E-state index is 0.262. The molecule has 4 aliphatic rings. The second-order valence-electron chi connectivity index (χ2n) is 11.8. The molecule has 30 heavy (non-hydrogen) atoms. The fourth-order valence-electron chi connectivity index (χ4n) is 8.79. The summed E-state index contributed by atoms with van der Waals surface area (Å²) in [6, 6.07) is 4.25. The lowest BCUT2D eigenvalue weighted by molar-refractivity contribution is -0.155. The molecule has 0 aromatic carbocycles. The van der Waals surface area contributed by atoms with Crippen LogP contribution >= 0.6 is 23.1 Å². The minimum absolute atomic E-state index is 0.262. The van der Waals surface area contributed by atoms with Crippen LogP contribution in [0.1, 0.15) is 85.0 Å². The number of thioether (sulfide) groups is 1. The Morgan fingerprint density at radius 3 is 2.67 bits per heavy atom. The van der Waals surface area contributed by atoms with Crippen molar-refractivity contribution in [3.05, 3.63) is 17.5 Å². The maximum atomic E-state index is 13.4. The van der Waals surface area contributed by atoms with E-state index in [0.717, 1.165) is 36.0 Å². The van der Waals surface area contributed by atoms with Gasteiger partial charge in [0, 0.05) is 5.92 Å². The lowest BCUT2D eigenvalue weighted by Gasteiger charge is -2.63. The van der Waals surface area contributed by atoms with Gasteiger partial charge in [-0.2, -0.15) is 0 Å². The average molecular weight is 445 g/mol. The van der Waals surface area contributed by atoms with Crippen molar-refractivity contribution in [2.75, 3.05) is 5.75 Å². The summed E-state index contributed by atoms with van der Waals surface area (Å²) in [4.78, 5) is 13.4. The first-order chi connectivity index (χ1) is 14.4. The second kappa shape index (κ2) is 8.25. The first-order valence-corrected chi connectivity index (χ1v) is 14.5. The van der Waals surface area contributed by atoms with Crippen LogP contribution in [0, 0.1) is 46.3 Å². The second-order valence-corrected chi connectivity index (χ2v) is 14.0. The van der Waals surface area contributed by atoms with Crippen LogP contribution in [-0.4, -0.2) is 11.5 Å². The van der Waals surface area contributed by atoms with Crippen molar-refractivity contribution in [1.29, 1.82) is 0 Å². The Hall–Kier alpha value is -0.280. The van der Waals surface area contributed by atoms with Crippen LogP contribution in [0.5, 0.6) is 0 Å². The van der Waals surface area contributed by atoms with Gasteiger partial charge in [0.05, 0.1) is 9.96 Å². The number of ketones is 1. The Labute approximate surface area is 192 Å². The molecule has 1 aromatic heterocycles. The van der Waals surface area contributed by atoms with Gasteiger partial charge in [-0.1, -0.05) is 39.7 Å². The maximum absolute atomic E-state index is 13.4. The van der Waals surface area contributed by atoms with Gasteiger partial charge in [-0.25, -0.2) is 0 Å². The van der Waals surface area contributed by atoms with Gasteiger partial charge in [0.1, 0.15) is 5.78 Å². The Balaban J connectivity index is 1.33. The Bertz CT molecular complexity index is 757. The van der Waals surface area contributed by atoms with Gasteiger partial charge in [-0.15, -0.1) is 23.1 Å². The fraction of sp³-hybridized carbons (Fsp3) is 0.815. The van der Waals surface area contributed by atoms with Crippen molar-refractivity contribution < 1.29 is 4.79 Å². The normalized spacial score (nSPS) is 45.8. The standard InChI is InChI=1S/C27H40OS2/c1-18-11-13-26(2)19(16-18)9-10-20-21-6-4-7-23(27(21,3)14-12-22(20)26)24(28)17-30-25-8-5-15-29-25/h5,8,15,18-23H,4,6-7,9-14,16-17H2,1-3H3/t18-,19?,20-,21?,22?,23+,26-,27?/m0/s1. The van der Waals surface area contributed by atoms with Gasteiger partial charge in [0.2, 0.25) is 0 Å². The van der Waals surface area contributed by atoms with Gasteiger partial charge in [-0.3, -0.25) is 4.79 Å². The number of Topliss-reactive ketones (excluding diaryl/α,β-unsaturated/α-hetero) is 1. The summed E-state index contributed by atoms with van der Waals surface area (Å²) in [5.41, 5.74) is 0.848. The van der Waals surface area contributed by atoms with Crippen molar-refractivity contribution in [2.24, 2.45) is 46.3 Å². The maximum Gasteiger partial charge on any atom is 0.146 e. The van der Waals surface area contributed by atoms with Crippen LogP contribution in [0.25, 0.3) is 0 Å². The van der Waals surface area contributed by atoms with E-state index in [0.29, 0.717) is 22.9 Å². The minimum Gasteiger partial charge on any atom is -0.298 e. The molecule has 0 amide bonds. The zero-order chi connectivity index (χ0) is 20.9. The molecule has 1 aromatic rings. The van der Waals surface area contributed by atoms with Crippen molar-refractivity contribution in [3.63, 3.8) is 0 Å². The number of carbonyl (C=O) groups is 1. The molecule has 0 N–H and O–H groups in total. The topological polar surface area (TPSA) is 17.1 Å². The van der Waals surface area contributed by atoms with E-state index in [1.54, 1.807) is 23.1 Å². The number of hydrogen-bond acceptors (Lipinski definition) is 3.